The molecule has 1 saturated heterocycles. The zero-order valence-electron chi connectivity index (χ0n) is 14.6. The van der Waals surface area contributed by atoms with Gasteiger partial charge in [0.15, 0.2) is 0 Å². The molecule has 0 spiro atoms. The number of nitrogens with zero attached hydrogens (tertiary/aromatic N) is 4. The van der Waals surface area contributed by atoms with Gasteiger partial charge < -0.3 is 15.1 Å². The summed E-state index contributed by atoms with van der Waals surface area (Å²) in [5.41, 5.74) is 1.54. The Balaban J connectivity index is 2.03. The van der Waals surface area contributed by atoms with Gasteiger partial charge in [0.1, 0.15) is 11.6 Å². The lowest BCUT2D eigenvalue weighted by Gasteiger charge is -2.29. The van der Waals surface area contributed by atoms with Crippen molar-refractivity contribution in [3.8, 4) is 11.3 Å². The Morgan fingerprint density at radius 3 is 2.68 bits per heavy atom. The zero-order valence-corrected chi connectivity index (χ0v) is 15.4. The van der Waals surface area contributed by atoms with E-state index in [2.05, 4.69) is 22.1 Å². The number of piperazine rings is 1. The Kier molecular flexibility index (Phi) is 5.71. The maximum Gasteiger partial charge on any atom is 0.227 e. The maximum atomic E-state index is 13.5. The highest BCUT2D eigenvalue weighted by molar-refractivity contribution is 6.31. The second-order valence-corrected chi connectivity index (χ2v) is 6.61. The molecule has 7 heteroatoms. The molecule has 0 amide bonds. The largest absolute Gasteiger partial charge is 0.354 e. The van der Waals surface area contributed by atoms with Crippen LogP contribution in [0.3, 0.4) is 0 Å². The second-order valence-electron chi connectivity index (χ2n) is 6.20. The molecule has 0 atom stereocenters. The SMILES string of the molecule is CCCN(C)c1nc(-c2ccc(F)c(Cl)c2)cc(N2CCNCC2)n1. The van der Waals surface area contributed by atoms with Crippen molar-refractivity contribution in [2.45, 2.75) is 13.3 Å². The predicted octanol–water partition coefficient (Wildman–Crippen LogP) is 3.19. The van der Waals surface area contributed by atoms with Crippen molar-refractivity contribution in [1.29, 1.82) is 0 Å². The first kappa shape index (κ1) is 17.9. The minimum atomic E-state index is -0.426. The van der Waals surface area contributed by atoms with Crippen LogP contribution in [0.5, 0.6) is 0 Å². The van der Waals surface area contributed by atoms with Crippen LogP contribution in [-0.4, -0.2) is 49.7 Å². The van der Waals surface area contributed by atoms with Gasteiger partial charge in [-0.05, 0) is 24.6 Å². The normalized spacial score (nSPS) is 14.6. The van der Waals surface area contributed by atoms with Crippen molar-refractivity contribution in [2.24, 2.45) is 0 Å². The highest BCUT2D eigenvalue weighted by atomic mass is 35.5. The molecular formula is C18H23ClFN5. The van der Waals surface area contributed by atoms with E-state index in [0.717, 1.165) is 56.2 Å². The molecule has 1 aliphatic heterocycles. The van der Waals surface area contributed by atoms with Gasteiger partial charge in [0, 0.05) is 51.4 Å². The predicted molar refractivity (Wildman–Crippen MR) is 101 cm³/mol. The summed E-state index contributed by atoms with van der Waals surface area (Å²) < 4.78 is 13.5. The van der Waals surface area contributed by atoms with Gasteiger partial charge in [-0.1, -0.05) is 18.5 Å². The number of benzene rings is 1. The molecule has 0 unspecified atom stereocenters. The average molecular weight is 364 g/mol. The molecule has 0 saturated carbocycles. The highest BCUT2D eigenvalue weighted by Crippen LogP contribution is 2.28. The second kappa shape index (κ2) is 7.97. The van der Waals surface area contributed by atoms with E-state index in [1.165, 1.54) is 6.07 Å². The van der Waals surface area contributed by atoms with E-state index in [-0.39, 0.29) is 5.02 Å². The monoisotopic (exact) mass is 363 g/mol. The molecule has 3 rings (SSSR count). The number of rotatable bonds is 5. The number of hydrogen-bond donors (Lipinski definition) is 1. The third kappa shape index (κ3) is 4.19. The molecule has 134 valence electrons. The topological polar surface area (TPSA) is 44.3 Å². The first-order valence-corrected chi connectivity index (χ1v) is 8.97. The number of anilines is 2. The Morgan fingerprint density at radius 2 is 2.00 bits per heavy atom. The molecule has 0 aliphatic carbocycles. The van der Waals surface area contributed by atoms with Crippen molar-refractivity contribution in [3.63, 3.8) is 0 Å². The smallest absolute Gasteiger partial charge is 0.227 e. The summed E-state index contributed by atoms with van der Waals surface area (Å²) in [6, 6.07) is 6.65. The quantitative estimate of drug-likeness (QED) is 0.883. The van der Waals surface area contributed by atoms with Crippen LogP contribution in [0.1, 0.15) is 13.3 Å². The number of aromatic nitrogens is 2. The van der Waals surface area contributed by atoms with Crippen LogP contribution in [0.2, 0.25) is 5.02 Å². The minimum Gasteiger partial charge on any atom is -0.354 e. The first-order valence-electron chi connectivity index (χ1n) is 8.60. The average Bonchev–Trinajstić information content (AvgIpc) is 2.64. The molecule has 5 nitrogen and oxygen atoms in total. The number of hydrogen-bond acceptors (Lipinski definition) is 5. The molecule has 1 aliphatic rings. The van der Waals surface area contributed by atoms with Crippen LogP contribution >= 0.6 is 11.6 Å². The van der Waals surface area contributed by atoms with E-state index in [9.17, 15) is 4.39 Å². The van der Waals surface area contributed by atoms with Crippen LogP contribution in [0.25, 0.3) is 11.3 Å². The van der Waals surface area contributed by atoms with Crippen molar-refractivity contribution in [3.05, 3.63) is 35.1 Å². The van der Waals surface area contributed by atoms with Gasteiger partial charge in [-0.25, -0.2) is 9.37 Å². The van der Waals surface area contributed by atoms with Gasteiger partial charge in [0.2, 0.25) is 5.95 Å². The molecule has 2 heterocycles. The van der Waals surface area contributed by atoms with E-state index < -0.39 is 5.82 Å². The summed E-state index contributed by atoms with van der Waals surface area (Å²) in [5, 5.41) is 3.45. The van der Waals surface area contributed by atoms with Crippen molar-refractivity contribution >= 4 is 23.4 Å². The summed E-state index contributed by atoms with van der Waals surface area (Å²) in [4.78, 5) is 13.7. The molecule has 0 radical (unpaired) electrons. The molecule has 0 bridgehead atoms. The lowest BCUT2D eigenvalue weighted by atomic mass is 10.1. The zero-order chi connectivity index (χ0) is 17.8. The van der Waals surface area contributed by atoms with Crippen molar-refractivity contribution in [2.75, 3.05) is 49.6 Å². The Hall–Kier alpha value is -1.92. The molecule has 2 aromatic rings. The molecule has 1 fully saturated rings. The fourth-order valence-electron chi connectivity index (χ4n) is 2.89. The maximum absolute atomic E-state index is 13.5. The first-order chi connectivity index (χ1) is 12.1. The van der Waals surface area contributed by atoms with Crippen molar-refractivity contribution < 1.29 is 4.39 Å². The van der Waals surface area contributed by atoms with Gasteiger partial charge in [0.05, 0.1) is 10.7 Å². The van der Waals surface area contributed by atoms with E-state index in [1.54, 1.807) is 12.1 Å². The Morgan fingerprint density at radius 1 is 1.24 bits per heavy atom. The summed E-state index contributed by atoms with van der Waals surface area (Å²) >= 11 is 5.96. The summed E-state index contributed by atoms with van der Waals surface area (Å²) in [7, 11) is 1.99. The van der Waals surface area contributed by atoms with E-state index >= 15 is 0 Å². The molecule has 1 aromatic heterocycles. The molecule has 1 N–H and O–H groups in total. The fourth-order valence-corrected chi connectivity index (χ4v) is 3.07. The summed E-state index contributed by atoms with van der Waals surface area (Å²) in [6.07, 6.45) is 1.01. The van der Waals surface area contributed by atoms with Gasteiger partial charge in [0.25, 0.3) is 0 Å². The minimum absolute atomic E-state index is 0.100. The van der Waals surface area contributed by atoms with Crippen LogP contribution in [0, 0.1) is 5.82 Å². The van der Waals surface area contributed by atoms with Crippen LogP contribution in [-0.2, 0) is 0 Å². The van der Waals surface area contributed by atoms with E-state index in [1.807, 2.05) is 18.0 Å². The van der Waals surface area contributed by atoms with Crippen LogP contribution in [0.4, 0.5) is 16.2 Å². The van der Waals surface area contributed by atoms with Gasteiger partial charge >= 0.3 is 0 Å². The lowest BCUT2D eigenvalue weighted by molar-refractivity contribution is 0.584. The highest BCUT2D eigenvalue weighted by Gasteiger charge is 2.17. The lowest BCUT2D eigenvalue weighted by Crippen LogP contribution is -2.44. The molecule has 1 aromatic carbocycles. The third-order valence-corrected chi connectivity index (χ3v) is 4.55. The van der Waals surface area contributed by atoms with E-state index in [4.69, 9.17) is 16.6 Å². The van der Waals surface area contributed by atoms with E-state index in [0.29, 0.717) is 5.95 Å². The third-order valence-electron chi connectivity index (χ3n) is 4.26. The standard InChI is InChI=1S/C18H23ClFN5/c1-3-8-24(2)18-22-16(13-4-5-15(20)14(19)11-13)12-17(23-18)25-9-6-21-7-10-25/h4-5,11-12,21H,3,6-10H2,1-2H3. The Labute approximate surface area is 152 Å². The van der Waals surface area contributed by atoms with Gasteiger partial charge in [-0.15, -0.1) is 0 Å². The molecule has 25 heavy (non-hydrogen) atoms. The van der Waals surface area contributed by atoms with Crippen LogP contribution < -0.4 is 15.1 Å². The summed E-state index contributed by atoms with van der Waals surface area (Å²) in [6.45, 7) is 6.66. The molecular weight excluding hydrogens is 341 g/mol. The number of nitrogens with one attached hydrogen (secondary N) is 1. The van der Waals surface area contributed by atoms with Crippen molar-refractivity contribution in [1.82, 2.24) is 15.3 Å². The van der Waals surface area contributed by atoms with Gasteiger partial charge in [-0.3, -0.25) is 0 Å². The fraction of sp³-hybridized carbons (Fsp3) is 0.444. The van der Waals surface area contributed by atoms with Crippen LogP contribution in [0.15, 0.2) is 24.3 Å². The number of halogens is 2. The van der Waals surface area contributed by atoms with Gasteiger partial charge in [-0.2, -0.15) is 4.98 Å². The Bertz CT molecular complexity index is 733. The summed E-state index contributed by atoms with van der Waals surface area (Å²) in [5.74, 6) is 1.14.